The number of carbonyl (C=O) groups is 1. The SMILES string of the molecule is CC(=O)C=NN(C)[SiH](C)C. The van der Waals surface area contributed by atoms with Crippen molar-refractivity contribution in [2.24, 2.45) is 5.10 Å². The molecule has 0 aromatic heterocycles. The Morgan fingerprint density at radius 1 is 1.60 bits per heavy atom. The molecule has 0 spiro atoms. The van der Waals surface area contributed by atoms with E-state index in [1.165, 1.54) is 13.1 Å². The standard InChI is InChI=1S/C6H14N2OSi/c1-6(9)5-7-8(2)10(3)4/h5,10H,1-4H3. The van der Waals surface area contributed by atoms with Crippen LogP contribution in [0.2, 0.25) is 13.1 Å². The maximum atomic E-state index is 10.4. The fraction of sp³-hybridized carbons (Fsp3) is 0.667. The highest BCUT2D eigenvalue weighted by Crippen LogP contribution is 1.88. The lowest BCUT2D eigenvalue weighted by Crippen LogP contribution is -2.25. The summed E-state index contributed by atoms with van der Waals surface area (Å²) in [4.78, 5) is 10.4. The molecule has 0 atom stereocenters. The fourth-order valence-corrected chi connectivity index (χ4v) is 0.639. The Balaban J connectivity index is 3.77. The minimum Gasteiger partial charge on any atom is -0.331 e. The number of hydrazone groups is 1. The molecule has 10 heavy (non-hydrogen) atoms. The Hall–Kier alpha value is -0.643. The average Bonchev–Trinajstić information content (AvgIpc) is 1.82. The molecule has 0 unspecified atom stereocenters. The Bertz CT molecular complexity index is 145. The Morgan fingerprint density at radius 3 is 2.40 bits per heavy atom. The zero-order valence-electron chi connectivity index (χ0n) is 6.96. The molecule has 58 valence electrons. The molecule has 0 aromatic rings. The van der Waals surface area contributed by atoms with Crippen LogP contribution in [0.3, 0.4) is 0 Å². The molecule has 0 saturated carbocycles. The summed E-state index contributed by atoms with van der Waals surface area (Å²) in [5.74, 6) is 0.00139. The van der Waals surface area contributed by atoms with Crippen LogP contribution in [-0.4, -0.2) is 32.7 Å². The summed E-state index contributed by atoms with van der Waals surface area (Å²) in [5, 5.41) is 3.94. The van der Waals surface area contributed by atoms with Gasteiger partial charge in [-0.3, -0.25) is 4.79 Å². The zero-order chi connectivity index (χ0) is 8.15. The van der Waals surface area contributed by atoms with Gasteiger partial charge in [0.05, 0.1) is 6.21 Å². The lowest BCUT2D eigenvalue weighted by Gasteiger charge is -2.14. The minimum atomic E-state index is -0.840. The van der Waals surface area contributed by atoms with Crippen molar-refractivity contribution in [1.29, 1.82) is 0 Å². The van der Waals surface area contributed by atoms with Crippen LogP contribution in [0.1, 0.15) is 6.92 Å². The second-order valence-corrected chi connectivity index (χ2v) is 5.46. The van der Waals surface area contributed by atoms with Crippen LogP contribution >= 0.6 is 0 Å². The molecule has 0 radical (unpaired) electrons. The fourth-order valence-electron chi connectivity index (χ4n) is 0.306. The first-order valence-corrected chi connectivity index (χ1v) is 6.14. The van der Waals surface area contributed by atoms with Crippen LogP contribution in [-0.2, 0) is 4.79 Å². The van der Waals surface area contributed by atoms with Crippen molar-refractivity contribution in [3.05, 3.63) is 0 Å². The molecule has 0 aliphatic rings. The quantitative estimate of drug-likeness (QED) is 0.340. The van der Waals surface area contributed by atoms with Gasteiger partial charge in [-0.05, 0) is 0 Å². The third kappa shape index (κ3) is 4.26. The van der Waals surface area contributed by atoms with Gasteiger partial charge in [0.15, 0.2) is 14.7 Å². The highest BCUT2D eigenvalue weighted by atomic mass is 28.3. The molecule has 0 aromatic carbocycles. The molecular formula is C6H14N2OSi. The molecule has 0 rings (SSSR count). The van der Waals surface area contributed by atoms with Crippen molar-refractivity contribution in [3.8, 4) is 0 Å². The summed E-state index contributed by atoms with van der Waals surface area (Å²) >= 11 is 0. The maximum Gasteiger partial charge on any atom is 0.172 e. The first-order valence-electron chi connectivity index (χ1n) is 3.31. The van der Waals surface area contributed by atoms with Gasteiger partial charge in [-0.25, -0.2) is 0 Å². The van der Waals surface area contributed by atoms with E-state index in [4.69, 9.17) is 0 Å². The van der Waals surface area contributed by atoms with Crippen LogP contribution in [0.4, 0.5) is 0 Å². The van der Waals surface area contributed by atoms with Gasteiger partial charge in [0.2, 0.25) is 0 Å². The molecular weight excluding hydrogens is 144 g/mol. The van der Waals surface area contributed by atoms with Gasteiger partial charge in [-0.2, -0.15) is 5.10 Å². The smallest absolute Gasteiger partial charge is 0.172 e. The van der Waals surface area contributed by atoms with E-state index in [1.54, 1.807) is 0 Å². The van der Waals surface area contributed by atoms with E-state index in [-0.39, 0.29) is 5.78 Å². The van der Waals surface area contributed by atoms with E-state index >= 15 is 0 Å². The van der Waals surface area contributed by atoms with Crippen molar-refractivity contribution in [2.75, 3.05) is 7.05 Å². The molecule has 0 N–H and O–H groups in total. The lowest BCUT2D eigenvalue weighted by molar-refractivity contribution is -0.110. The number of carbonyl (C=O) groups excluding carboxylic acids is 1. The predicted molar refractivity (Wildman–Crippen MR) is 45.8 cm³/mol. The third-order valence-corrected chi connectivity index (χ3v) is 2.80. The lowest BCUT2D eigenvalue weighted by atomic mass is 10.5. The van der Waals surface area contributed by atoms with Gasteiger partial charge in [0.25, 0.3) is 0 Å². The largest absolute Gasteiger partial charge is 0.331 e. The molecule has 0 heterocycles. The van der Waals surface area contributed by atoms with E-state index in [2.05, 4.69) is 18.2 Å². The summed E-state index contributed by atoms with van der Waals surface area (Å²) in [6, 6.07) is 0. The van der Waals surface area contributed by atoms with Gasteiger partial charge in [-0.1, -0.05) is 13.1 Å². The van der Waals surface area contributed by atoms with Crippen molar-refractivity contribution in [3.63, 3.8) is 0 Å². The molecule has 0 aliphatic heterocycles. The normalized spacial score (nSPS) is 10.9. The minimum absolute atomic E-state index is 0.00139. The second-order valence-electron chi connectivity index (χ2n) is 2.52. The van der Waals surface area contributed by atoms with Crippen molar-refractivity contribution in [2.45, 2.75) is 20.0 Å². The third-order valence-electron chi connectivity index (χ3n) is 1.17. The van der Waals surface area contributed by atoms with Crippen molar-refractivity contribution >= 4 is 21.0 Å². The Labute approximate surface area is 63.4 Å². The monoisotopic (exact) mass is 158 g/mol. The Morgan fingerprint density at radius 2 is 2.10 bits per heavy atom. The van der Waals surface area contributed by atoms with E-state index in [9.17, 15) is 4.79 Å². The summed E-state index contributed by atoms with van der Waals surface area (Å²) in [6.07, 6.45) is 1.35. The highest BCUT2D eigenvalue weighted by molar-refractivity contribution is 6.52. The van der Waals surface area contributed by atoms with Gasteiger partial charge >= 0.3 is 0 Å². The Kier molecular flexibility index (Phi) is 3.95. The van der Waals surface area contributed by atoms with E-state index in [0.717, 1.165) is 0 Å². The van der Waals surface area contributed by atoms with E-state index < -0.39 is 8.96 Å². The first-order chi connectivity index (χ1) is 4.54. The van der Waals surface area contributed by atoms with Crippen molar-refractivity contribution in [1.82, 2.24) is 4.67 Å². The van der Waals surface area contributed by atoms with Crippen LogP contribution < -0.4 is 0 Å². The molecule has 0 saturated heterocycles. The van der Waals surface area contributed by atoms with Gasteiger partial charge in [0.1, 0.15) is 0 Å². The van der Waals surface area contributed by atoms with Gasteiger partial charge in [-0.15, -0.1) is 0 Å². The van der Waals surface area contributed by atoms with Gasteiger partial charge in [0, 0.05) is 14.0 Å². The number of rotatable bonds is 3. The first kappa shape index (κ1) is 9.36. The zero-order valence-corrected chi connectivity index (χ0v) is 8.11. The summed E-state index contributed by atoms with van der Waals surface area (Å²) in [6.45, 7) is 5.80. The van der Waals surface area contributed by atoms with E-state index in [0.29, 0.717) is 0 Å². The van der Waals surface area contributed by atoms with Crippen molar-refractivity contribution < 1.29 is 4.79 Å². The number of hydrogen-bond acceptors (Lipinski definition) is 3. The topological polar surface area (TPSA) is 32.7 Å². The van der Waals surface area contributed by atoms with Crippen LogP contribution in [0.5, 0.6) is 0 Å². The molecule has 0 aliphatic carbocycles. The van der Waals surface area contributed by atoms with E-state index in [1.807, 2.05) is 11.7 Å². The number of ketones is 1. The molecule has 4 heteroatoms. The molecule has 0 amide bonds. The molecule has 3 nitrogen and oxygen atoms in total. The summed E-state index contributed by atoms with van der Waals surface area (Å²) in [5.41, 5.74) is 0. The number of hydrogen-bond donors (Lipinski definition) is 0. The van der Waals surface area contributed by atoms with Crippen LogP contribution in [0, 0.1) is 0 Å². The maximum absolute atomic E-state index is 10.4. The summed E-state index contributed by atoms with van der Waals surface area (Å²) < 4.78 is 1.88. The van der Waals surface area contributed by atoms with Gasteiger partial charge < -0.3 is 4.67 Å². The number of nitrogens with zero attached hydrogens (tertiary/aromatic N) is 2. The average molecular weight is 158 g/mol. The van der Waals surface area contributed by atoms with Crippen LogP contribution in [0.15, 0.2) is 5.10 Å². The summed E-state index contributed by atoms with van der Waals surface area (Å²) in [7, 11) is 1.06. The van der Waals surface area contributed by atoms with Crippen LogP contribution in [0.25, 0.3) is 0 Å². The highest BCUT2D eigenvalue weighted by Gasteiger charge is 1.98. The molecule has 0 fully saturated rings. The predicted octanol–water partition coefficient (Wildman–Crippen LogP) is 0.476. The number of Topliss-reactive ketones (excluding diaryl/α,β-unsaturated/α-hetero) is 1. The molecule has 0 bridgehead atoms. The second kappa shape index (κ2) is 4.22.